The number of rotatable bonds is 3. The van der Waals surface area contributed by atoms with Crippen LogP contribution in [0.4, 0.5) is 5.82 Å². The molecule has 0 aliphatic heterocycles. The summed E-state index contributed by atoms with van der Waals surface area (Å²) >= 11 is 0. The van der Waals surface area contributed by atoms with Gasteiger partial charge < -0.3 is 15.2 Å². The summed E-state index contributed by atoms with van der Waals surface area (Å²) < 4.78 is 1.45. The van der Waals surface area contributed by atoms with Crippen LogP contribution in [0.2, 0.25) is 0 Å². The van der Waals surface area contributed by atoms with E-state index in [1.165, 1.54) is 4.40 Å². The lowest BCUT2D eigenvalue weighted by molar-refractivity contribution is -0.387. The molecule has 2 aromatic heterocycles. The second-order valence-electron chi connectivity index (χ2n) is 3.59. The Morgan fingerprint density at radius 1 is 1.65 bits per heavy atom. The normalized spacial score (nSPS) is 10.6. The van der Waals surface area contributed by atoms with Crippen molar-refractivity contribution in [3.8, 4) is 0 Å². The highest BCUT2D eigenvalue weighted by Gasteiger charge is 2.24. The van der Waals surface area contributed by atoms with Crippen LogP contribution in [0.15, 0.2) is 18.3 Å². The zero-order chi connectivity index (χ0) is 12.6. The van der Waals surface area contributed by atoms with Crippen molar-refractivity contribution >= 4 is 17.3 Å². The first-order valence-corrected chi connectivity index (χ1v) is 4.83. The standard InChI is InChI=1S/C10H9N3O4/c1-6-3-2-4-12-7(5-8(14)15)11-10(9(6)12)13(16)17/h2-4H,5H2,1H3,(H,14,15). The molecular weight excluding hydrogens is 226 g/mol. The molecule has 0 bridgehead atoms. The molecule has 7 nitrogen and oxygen atoms in total. The maximum Gasteiger partial charge on any atom is 0.390 e. The molecule has 1 N–H and O–H groups in total. The fourth-order valence-corrected chi connectivity index (χ4v) is 1.73. The summed E-state index contributed by atoms with van der Waals surface area (Å²) in [4.78, 5) is 24.7. The van der Waals surface area contributed by atoms with Crippen molar-refractivity contribution < 1.29 is 14.8 Å². The van der Waals surface area contributed by atoms with Gasteiger partial charge in [-0.3, -0.25) is 9.20 Å². The molecule has 88 valence electrons. The quantitative estimate of drug-likeness (QED) is 0.636. The van der Waals surface area contributed by atoms with E-state index in [0.717, 1.165) is 0 Å². The maximum atomic E-state index is 10.8. The first-order valence-electron chi connectivity index (χ1n) is 4.83. The first-order chi connectivity index (χ1) is 8.00. The van der Waals surface area contributed by atoms with Gasteiger partial charge in [0, 0.05) is 6.20 Å². The van der Waals surface area contributed by atoms with Crippen molar-refractivity contribution in [3.05, 3.63) is 39.8 Å². The van der Waals surface area contributed by atoms with Crippen molar-refractivity contribution in [2.75, 3.05) is 0 Å². The van der Waals surface area contributed by atoms with Crippen molar-refractivity contribution in [1.82, 2.24) is 9.38 Å². The summed E-state index contributed by atoms with van der Waals surface area (Å²) in [6.07, 6.45) is 1.22. The molecule has 0 unspecified atom stereocenters. The topological polar surface area (TPSA) is 97.7 Å². The Morgan fingerprint density at radius 2 is 2.35 bits per heavy atom. The highest BCUT2D eigenvalue weighted by molar-refractivity contribution is 5.72. The number of aryl methyl sites for hydroxylation is 1. The molecule has 0 fully saturated rings. The molecule has 2 heterocycles. The van der Waals surface area contributed by atoms with Gasteiger partial charge >= 0.3 is 11.8 Å². The van der Waals surface area contributed by atoms with Crippen LogP contribution < -0.4 is 0 Å². The average Bonchev–Trinajstić information content (AvgIpc) is 2.58. The third kappa shape index (κ3) is 1.82. The summed E-state index contributed by atoms with van der Waals surface area (Å²) in [5.74, 6) is -1.23. The van der Waals surface area contributed by atoms with Gasteiger partial charge in [-0.15, -0.1) is 0 Å². The van der Waals surface area contributed by atoms with Crippen LogP contribution in [-0.4, -0.2) is 25.4 Å². The third-order valence-corrected chi connectivity index (χ3v) is 2.40. The lowest BCUT2D eigenvalue weighted by atomic mass is 10.2. The molecule has 2 rings (SSSR count). The molecule has 0 aliphatic carbocycles. The number of hydrogen-bond donors (Lipinski definition) is 1. The van der Waals surface area contributed by atoms with Gasteiger partial charge in [-0.2, -0.15) is 0 Å². The Bertz CT molecular complexity index is 617. The number of nitrogens with zero attached hydrogens (tertiary/aromatic N) is 3. The number of fused-ring (bicyclic) bond motifs is 1. The minimum Gasteiger partial charge on any atom is -0.481 e. The molecule has 0 radical (unpaired) electrons. The van der Waals surface area contributed by atoms with E-state index in [0.29, 0.717) is 11.1 Å². The van der Waals surface area contributed by atoms with Gasteiger partial charge in [0.25, 0.3) is 0 Å². The lowest BCUT2D eigenvalue weighted by Crippen LogP contribution is -2.04. The summed E-state index contributed by atoms with van der Waals surface area (Å²) in [5.41, 5.74) is 1.03. The molecule has 7 heteroatoms. The molecule has 0 atom stereocenters. The van der Waals surface area contributed by atoms with E-state index in [4.69, 9.17) is 5.11 Å². The highest BCUT2D eigenvalue weighted by Crippen LogP contribution is 2.23. The van der Waals surface area contributed by atoms with Crippen LogP contribution in [0, 0.1) is 17.0 Å². The highest BCUT2D eigenvalue weighted by atomic mass is 16.6. The number of imidazole rings is 1. The largest absolute Gasteiger partial charge is 0.481 e. The second kappa shape index (κ2) is 3.85. The Morgan fingerprint density at radius 3 is 2.94 bits per heavy atom. The van der Waals surface area contributed by atoms with Crippen molar-refractivity contribution in [2.24, 2.45) is 0 Å². The van der Waals surface area contributed by atoms with Gasteiger partial charge in [0.15, 0.2) is 5.52 Å². The summed E-state index contributed by atoms with van der Waals surface area (Å²) in [5, 5.41) is 19.6. The summed E-state index contributed by atoms with van der Waals surface area (Å²) in [6.45, 7) is 1.72. The molecule has 0 aliphatic rings. The lowest BCUT2D eigenvalue weighted by Gasteiger charge is -1.97. The minimum absolute atomic E-state index is 0.155. The third-order valence-electron chi connectivity index (χ3n) is 2.40. The van der Waals surface area contributed by atoms with E-state index in [2.05, 4.69) is 4.98 Å². The van der Waals surface area contributed by atoms with Crippen molar-refractivity contribution in [3.63, 3.8) is 0 Å². The van der Waals surface area contributed by atoms with Gasteiger partial charge in [-0.25, -0.2) is 0 Å². The number of pyridine rings is 1. The Labute approximate surface area is 95.5 Å². The molecule has 17 heavy (non-hydrogen) atoms. The van der Waals surface area contributed by atoms with Crippen LogP contribution >= 0.6 is 0 Å². The van der Waals surface area contributed by atoms with E-state index in [-0.39, 0.29) is 18.1 Å². The zero-order valence-electron chi connectivity index (χ0n) is 8.95. The SMILES string of the molecule is Cc1cccn2c(CC(=O)O)nc([N+](=O)[O-])c12. The van der Waals surface area contributed by atoms with E-state index in [9.17, 15) is 14.9 Å². The number of carboxylic acid groups (broad SMARTS) is 1. The van der Waals surface area contributed by atoms with Crippen LogP contribution in [0.3, 0.4) is 0 Å². The molecule has 0 aromatic carbocycles. The summed E-state index contributed by atoms with van der Waals surface area (Å²) in [6, 6.07) is 3.41. The van der Waals surface area contributed by atoms with Crippen LogP contribution in [0.5, 0.6) is 0 Å². The summed E-state index contributed by atoms with van der Waals surface area (Å²) in [7, 11) is 0. The van der Waals surface area contributed by atoms with E-state index in [1.807, 2.05) is 0 Å². The number of nitro groups is 1. The molecular formula is C10H9N3O4. The van der Waals surface area contributed by atoms with Gasteiger partial charge in [0.05, 0.1) is 0 Å². The molecule has 0 saturated heterocycles. The predicted octanol–water partition coefficient (Wildman–Crippen LogP) is 1.18. The van der Waals surface area contributed by atoms with Gasteiger partial charge in [0.1, 0.15) is 6.42 Å². The van der Waals surface area contributed by atoms with Crippen LogP contribution in [0.25, 0.3) is 5.52 Å². The first kappa shape index (κ1) is 11.1. The van der Waals surface area contributed by atoms with E-state index < -0.39 is 10.9 Å². The van der Waals surface area contributed by atoms with Crippen molar-refractivity contribution in [2.45, 2.75) is 13.3 Å². The number of aliphatic carboxylic acids is 1. The van der Waals surface area contributed by atoms with E-state index in [1.54, 1.807) is 25.3 Å². The fraction of sp³-hybridized carbons (Fsp3) is 0.200. The molecule has 2 aromatic rings. The number of hydrogen-bond acceptors (Lipinski definition) is 4. The second-order valence-corrected chi connectivity index (χ2v) is 3.59. The zero-order valence-corrected chi connectivity index (χ0v) is 8.95. The smallest absolute Gasteiger partial charge is 0.390 e. The van der Waals surface area contributed by atoms with E-state index >= 15 is 0 Å². The fourth-order valence-electron chi connectivity index (χ4n) is 1.73. The Balaban J connectivity index is 2.75. The Kier molecular flexibility index (Phi) is 2.51. The maximum absolute atomic E-state index is 10.8. The molecule has 0 saturated carbocycles. The Hall–Kier alpha value is -2.44. The predicted molar refractivity (Wildman–Crippen MR) is 57.9 cm³/mol. The number of carbonyl (C=O) groups is 1. The minimum atomic E-state index is -1.08. The van der Waals surface area contributed by atoms with Crippen LogP contribution in [-0.2, 0) is 11.2 Å². The number of aromatic nitrogens is 2. The van der Waals surface area contributed by atoms with Gasteiger partial charge in [-0.1, -0.05) is 6.07 Å². The van der Waals surface area contributed by atoms with Gasteiger partial charge in [-0.05, 0) is 28.5 Å². The molecule has 0 amide bonds. The number of carboxylic acids is 1. The van der Waals surface area contributed by atoms with Gasteiger partial charge in [0.2, 0.25) is 5.82 Å². The monoisotopic (exact) mass is 235 g/mol. The molecule has 0 spiro atoms. The van der Waals surface area contributed by atoms with Crippen LogP contribution in [0.1, 0.15) is 11.4 Å². The van der Waals surface area contributed by atoms with Crippen molar-refractivity contribution in [1.29, 1.82) is 0 Å². The average molecular weight is 235 g/mol.